The lowest BCUT2D eigenvalue weighted by molar-refractivity contribution is -0.128. The third-order valence-corrected chi connectivity index (χ3v) is 3.93. The van der Waals surface area contributed by atoms with E-state index >= 15 is 0 Å². The second kappa shape index (κ2) is 4.78. The van der Waals surface area contributed by atoms with Crippen LogP contribution < -0.4 is 0 Å². The molecule has 0 spiro atoms. The van der Waals surface area contributed by atoms with Gasteiger partial charge in [0.25, 0.3) is 0 Å². The zero-order valence-electron chi connectivity index (χ0n) is 10.2. The minimum Gasteiger partial charge on any atom is -0.299 e. The van der Waals surface area contributed by atoms with Gasteiger partial charge < -0.3 is 0 Å². The zero-order valence-corrected chi connectivity index (χ0v) is 10.2. The molecule has 15 heavy (non-hydrogen) atoms. The van der Waals surface area contributed by atoms with Crippen LogP contribution in [0.3, 0.4) is 0 Å². The van der Waals surface area contributed by atoms with Crippen LogP contribution in [-0.4, -0.2) is 5.78 Å². The van der Waals surface area contributed by atoms with Crippen LogP contribution in [0.4, 0.5) is 0 Å². The van der Waals surface area contributed by atoms with Crippen molar-refractivity contribution < 1.29 is 4.79 Å². The van der Waals surface area contributed by atoms with E-state index in [1.165, 1.54) is 5.57 Å². The van der Waals surface area contributed by atoms with Crippen molar-refractivity contribution in [3.63, 3.8) is 0 Å². The van der Waals surface area contributed by atoms with Crippen LogP contribution in [0.5, 0.6) is 0 Å². The highest BCUT2D eigenvalue weighted by Crippen LogP contribution is 2.41. The summed E-state index contributed by atoms with van der Waals surface area (Å²) in [5, 5.41) is 0. The third kappa shape index (κ3) is 2.58. The molecule has 1 aliphatic carbocycles. The quantitative estimate of drug-likeness (QED) is 0.637. The smallest absolute Gasteiger partial charge is 0.136 e. The summed E-state index contributed by atoms with van der Waals surface area (Å²) in [6, 6.07) is 0. The van der Waals surface area contributed by atoms with Gasteiger partial charge in [-0.3, -0.25) is 4.79 Å². The van der Waals surface area contributed by atoms with Crippen molar-refractivity contribution in [3.05, 3.63) is 24.3 Å². The second-order valence-electron chi connectivity index (χ2n) is 4.91. The van der Waals surface area contributed by atoms with E-state index in [0.29, 0.717) is 11.7 Å². The fourth-order valence-electron chi connectivity index (χ4n) is 2.26. The van der Waals surface area contributed by atoms with Crippen LogP contribution >= 0.6 is 0 Å². The van der Waals surface area contributed by atoms with Crippen LogP contribution in [0.2, 0.25) is 0 Å². The maximum absolute atomic E-state index is 11.6. The van der Waals surface area contributed by atoms with Crippen LogP contribution in [-0.2, 0) is 4.79 Å². The molecule has 0 aromatic carbocycles. The van der Waals surface area contributed by atoms with Crippen molar-refractivity contribution in [3.8, 4) is 0 Å². The molecule has 0 aromatic rings. The Kier molecular flexibility index (Phi) is 3.90. The highest BCUT2D eigenvalue weighted by atomic mass is 16.1. The number of Topliss-reactive ketones (excluding diaryl/α,β-unsaturated/α-hetero) is 1. The van der Waals surface area contributed by atoms with Crippen molar-refractivity contribution >= 4 is 5.78 Å². The number of allylic oxidation sites excluding steroid dienone is 3. The summed E-state index contributed by atoms with van der Waals surface area (Å²) < 4.78 is 0. The van der Waals surface area contributed by atoms with E-state index < -0.39 is 0 Å². The molecule has 1 nitrogen and oxygen atoms in total. The van der Waals surface area contributed by atoms with E-state index in [9.17, 15) is 4.79 Å². The summed E-state index contributed by atoms with van der Waals surface area (Å²) in [5.74, 6) is 0.706. The monoisotopic (exact) mass is 206 g/mol. The fourth-order valence-corrected chi connectivity index (χ4v) is 2.26. The van der Waals surface area contributed by atoms with Gasteiger partial charge in [-0.05, 0) is 38.5 Å². The van der Waals surface area contributed by atoms with Gasteiger partial charge in [-0.1, -0.05) is 31.6 Å². The van der Waals surface area contributed by atoms with Crippen LogP contribution in [0, 0.1) is 11.3 Å². The first-order chi connectivity index (χ1) is 7.00. The van der Waals surface area contributed by atoms with Gasteiger partial charge >= 0.3 is 0 Å². The SMILES string of the molecule is C=CCCC1=C[C@@H](C)[C@](C)(C(C)=O)CC1. The molecule has 1 aliphatic rings. The lowest BCUT2D eigenvalue weighted by atomic mass is 9.67. The van der Waals surface area contributed by atoms with Gasteiger partial charge in [-0.2, -0.15) is 0 Å². The Hall–Kier alpha value is -0.850. The molecule has 0 bridgehead atoms. The molecule has 0 aromatic heterocycles. The minimum atomic E-state index is -0.127. The molecular formula is C14H22O. The number of hydrogen-bond acceptors (Lipinski definition) is 1. The van der Waals surface area contributed by atoms with Crippen molar-refractivity contribution in [2.24, 2.45) is 11.3 Å². The molecule has 0 unspecified atom stereocenters. The van der Waals surface area contributed by atoms with E-state index in [4.69, 9.17) is 0 Å². The molecule has 0 aliphatic heterocycles. The molecule has 0 heterocycles. The van der Waals surface area contributed by atoms with Crippen molar-refractivity contribution in [1.29, 1.82) is 0 Å². The molecule has 2 atom stereocenters. The molecule has 0 N–H and O–H groups in total. The van der Waals surface area contributed by atoms with Gasteiger partial charge in [-0.15, -0.1) is 6.58 Å². The summed E-state index contributed by atoms with van der Waals surface area (Å²) in [5.41, 5.74) is 1.37. The van der Waals surface area contributed by atoms with E-state index in [-0.39, 0.29) is 5.41 Å². The highest BCUT2D eigenvalue weighted by molar-refractivity contribution is 5.82. The minimum absolute atomic E-state index is 0.127. The summed E-state index contributed by atoms with van der Waals surface area (Å²) >= 11 is 0. The first kappa shape index (κ1) is 12.2. The van der Waals surface area contributed by atoms with Crippen molar-refractivity contribution in [1.82, 2.24) is 0 Å². The van der Waals surface area contributed by atoms with Crippen LogP contribution in [0.15, 0.2) is 24.3 Å². The zero-order chi connectivity index (χ0) is 11.5. The Morgan fingerprint density at radius 3 is 2.87 bits per heavy atom. The summed E-state index contributed by atoms with van der Waals surface area (Å²) in [4.78, 5) is 11.6. The number of carbonyl (C=O) groups excluding carboxylic acids is 1. The molecule has 0 fully saturated rings. The van der Waals surface area contributed by atoms with Crippen LogP contribution in [0.25, 0.3) is 0 Å². The Morgan fingerprint density at radius 1 is 1.73 bits per heavy atom. The van der Waals surface area contributed by atoms with E-state index in [1.807, 2.05) is 6.08 Å². The summed E-state index contributed by atoms with van der Waals surface area (Å²) in [7, 11) is 0. The number of hydrogen-bond donors (Lipinski definition) is 0. The predicted octanol–water partition coefficient (Wildman–Crippen LogP) is 3.90. The molecule has 0 saturated carbocycles. The van der Waals surface area contributed by atoms with Crippen molar-refractivity contribution in [2.45, 2.75) is 46.5 Å². The summed E-state index contributed by atoms with van der Waals surface area (Å²) in [6.45, 7) is 9.72. The van der Waals surface area contributed by atoms with E-state index in [1.54, 1.807) is 6.92 Å². The van der Waals surface area contributed by atoms with Gasteiger partial charge in [0, 0.05) is 5.41 Å². The average Bonchev–Trinajstić information content (AvgIpc) is 2.19. The highest BCUT2D eigenvalue weighted by Gasteiger charge is 2.37. The van der Waals surface area contributed by atoms with Gasteiger partial charge in [0.2, 0.25) is 0 Å². The second-order valence-corrected chi connectivity index (χ2v) is 4.91. The molecule has 1 heteroatoms. The van der Waals surface area contributed by atoms with E-state index in [2.05, 4.69) is 26.5 Å². The Morgan fingerprint density at radius 2 is 2.40 bits per heavy atom. The molecule has 0 radical (unpaired) electrons. The number of ketones is 1. The van der Waals surface area contributed by atoms with Gasteiger partial charge in [0.1, 0.15) is 5.78 Å². The largest absolute Gasteiger partial charge is 0.299 e. The Bertz CT molecular complexity index is 288. The third-order valence-electron chi connectivity index (χ3n) is 3.93. The summed E-state index contributed by atoms with van der Waals surface area (Å²) in [6.07, 6.45) is 8.51. The van der Waals surface area contributed by atoms with E-state index in [0.717, 1.165) is 25.7 Å². The molecule has 0 saturated heterocycles. The predicted molar refractivity (Wildman–Crippen MR) is 64.7 cm³/mol. The Labute approximate surface area is 93.3 Å². The fraction of sp³-hybridized carbons (Fsp3) is 0.643. The standard InChI is InChI=1S/C14H22O/c1-5-6-7-13-8-9-14(4,12(3)15)11(2)10-13/h5,10-11H,1,6-9H2,2-4H3/t11-,14-/m1/s1. The first-order valence-electron chi connectivity index (χ1n) is 5.82. The molecule has 1 rings (SSSR count). The lowest BCUT2D eigenvalue weighted by Crippen LogP contribution is -2.34. The molecule has 84 valence electrons. The molecular weight excluding hydrogens is 184 g/mol. The molecule has 0 amide bonds. The van der Waals surface area contributed by atoms with Crippen molar-refractivity contribution in [2.75, 3.05) is 0 Å². The maximum Gasteiger partial charge on any atom is 0.136 e. The maximum atomic E-state index is 11.6. The van der Waals surface area contributed by atoms with Crippen LogP contribution in [0.1, 0.15) is 46.5 Å². The topological polar surface area (TPSA) is 17.1 Å². The first-order valence-corrected chi connectivity index (χ1v) is 5.82. The number of rotatable bonds is 4. The normalized spacial score (nSPS) is 30.9. The van der Waals surface area contributed by atoms with Gasteiger partial charge in [0.05, 0.1) is 0 Å². The van der Waals surface area contributed by atoms with Gasteiger partial charge in [0.15, 0.2) is 0 Å². The van der Waals surface area contributed by atoms with Gasteiger partial charge in [-0.25, -0.2) is 0 Å². The Balaban J connectivity index is 2.72. The lowest BCUT2D eigenvalue weighted by Gasteiger charge is -2.36. The number of carbonyl (C=O) groups is 1. The average molecular weight is 206 g/mol.